The van der Waals surface area contributed by atoms with Crippen LogP contribution in [0, 0.1) is 21.4 Å². The number of anilines is 1. The van der Waals surface area contributed by atoms with Crippen molar-refractivity contribution in [3.8, 4) is 0 Å². The summed E-state index contributed by atoms with van der Waals surface area (Å²) < 4.78 is 0.529. The smallest absolute Gasteiger partial charge is 0.283 e. The molecular weight excluding hydrogens is 332 g/mol. The predicted molar refractivity (Wildman–Crippen MR) is 89.6 cm³/mol. The second-order valence-electron chi connectivity index (χ2n) is 6.98. The lowest BCUT2D eigenvalue weighted by Crippen LogP contribution is -2.31. The van der Waals surface area contributed by atoms with Gasteiger partial charge in [-0.25, -0.2) is 0 Å². The van der Waals surface area contributed by atoms with Crippen molar-refractivity contribution >= 4 is 27.3 Å². The molecule has 0 unspecified atom stereocenters. The van der Waals surface area contributed by atoms with Crippen LogP contribution in [0.3, 0.4) is 0 Å². The molecule has 116 valence electrons. The van der Waals surface area contributed by atoms with Crippen molar-refractivity contribution in [2.24, 2.45) is 11.3 Å². The minimum atomic E-state index is -0.373. The van der Waals surface area contributed by atoms with Gasteiger partial charge in [-0.2, -0.15) is 0 Å². The van der Waals surface area contributed by atoms with Crippen molar-refractivity contribution in [1.29, 1.82) is 0 Å². The van der Waals surface area contributed by atoms with Crippen molar-refractivity contribution in [3.05, 3.63) is 32.8 Å². The molecule has 2 rings (SSSR count). The lowest BCUT2D eigenvalue weighted by molar-refractivity contribution is -0.385. The summed E-state index contributed by atoms with van der Waals surface area (Å²) in [6.07, 6.45) is 4.82. The zero-order valence-corrected chi connectivity index (χ0v) is 14.4. The highest BCUT2D eigenvalue weighted by Crippen LogP contribution is 2.38. The second kappa shape index (κ2) is 6.34. The maximum Gasteiger partial charge on any atom is 0.283 e. The van der Waals surface area contributed by atoms with Gasteiger partial charge < -0.3 is 5.32 Å². The maximum atomic E-state index is 10.8. The van der Waals surface area contributed by atoms with Gasteiger partial charge in [-0.15, -0.1) is 0 Å². The fourth-order valence-electron chi connectivity index (χ4n) is 3.08. The molecule has 0 aromatic heterocycles. The molecular formula is C16H23BrN2O2. The molecule has 21 heavy (non-hydrogen) atoms. The van der Waals surface area contributed by atoms with Crippen molar-refractivity contribution < 1.29 is 4.92 Å². The van der Waals surface area contributed by atoms with Gasteiger partial charge in [0.05, 0.1) is 9.40 Å². The third-order valence-corrected chi connectivity index (χ3v) is 5.10. The summed E-state index contributed by atoms with van der Waals surface area (Å²) in [6, 6.07) is 5.61. The molecule has 0 aliphatic heterocycles. The van der Waals surface area contributed by atoms with Crippen LogP contribution in [0.25, 0.3) is 0 Å². The summed E-state index contributed by atoms with van der Waals surface area (Å²) >= 11 is 3.27. The summed E-state index contributed by atoms with van der Waals surface area (Å²) in [7, 11) is 0. The molecule has 1 fully saturated rings. The minimum absolute atomic E-state index is 0.108. The van der Waals surface area contributed by atoms with E-state index in [1.807, 2.05) is 0 Å². The fraction of sp³-hybridized carbons (Fsp3) is 0.625. The van der Waals surface area contributed by atoms with Gasteiger partial charge in [-0.05, 0) is 65.1 Å². The third-order valence-electron chi connectivity index (χ3n) is 4.47. The molecule has 0 amide bonds. The maximum absolute atomic E-state index is 10.8. The number of hydrogen-bond donors (Lipinski definition) is 1. The highest BCUT2D eigenvalue weighted by atomic mass is 79.9. The largest absolute Gasteiger partial charge is 0.382 e. The van der Waals surface area contributed by atoms with Crippen molar-refractivity contribution in [2.45, 2.75) is 52.5 Å². The Morgan fingerprint density at radius 2 is 1.86 bits per heavy atom. The van der Waals surface area contributed by atoms with Crippen molar-refractivity contribution in [3.63, 3.8) is 0 Å². The van der Waals surface area contributed by atoms with E-state index in [0.29, 0.717) is 15.9 Å². The van der Waals surface area contributed by atoms with Crippen molar-refractivity contribution in [1.82, 2.24) is 0 Å². The summed E-state index contributed by atoms with van der Waals surface area (Å²) in [5, 5.41) is 14.3. The molecule has 1 saturated carbocycles. The van der Waals surface area contributed by atoms with E-state index >= 15 is 0 Å². The fourth-order valence-corrected chi connectivity index (χ4v) is 3.61. The zero-order chi connectivity index (χ0) is 15.6. The van der Waals surface area contributed by atoms with E-state index in [2.05, 4.69) is 42.0 Å². The Morgan fingerprint density at radius 3 is 2.33 bits per heavy atom. The Hall–Kier alpha value is -1.10. The first-order valence-corrected chi connectivity index (χ1v) is 8.27. The van der Waals surface area contributed by atoms with Gasteiger partial charge in [-0.3, -0.25) is 10.1 Å². The standard InChI is InChI=1S/C16H23BrN2O2/c1-16(2,3)11-4-6-12(7-5-11)18-13-8-9-15(19(20)21)14(17)10-13/h8-12,18H,4-7H2,1-3H3. The topological polar surface area (TPSA) is 55.2 Å². The predicted octanol–water partition coefficient (Wildman–Crippen LogP) is 5.37. The van der Waals surface area contributed by atoms with Crippen LogP contribution in [0.1, 0.15) is 46.5 Å². The summed E-state index contributed by atoms with van der Waals surface area (Å²) in [4.78, 5) is 10.4. The Balaban J connectivity index is 1.95. The molecule has 0 heterocycles. The van der Waals surface area contributed by atoms with Crippen LogP contribution < -0.4 is 5.32 Å². The van der Waals surface area contributed by atoms with Crippen molar-refractivity contribution in [2.75, 3.05) is 5.32 Å². The number of nitrogens with one attached hydrogen (secondary N) is 1. The van der Waals surface area contributed by atoms with Gasteiger partial charge >= 0.3 is 0 Å². The van der Waals surface area contributed by atoms with Gasteiger partial charge in [0, 0.05) is 17.8 Å². The zero-order valence-electron chi connectivity index (χ0n) is 12.9. The van der Waals surface area contributed by atoms with E-state index in [1.54, 1.807) is 18.2 Å². The molecule has 0 spiro atoms. The van der Waals surface area contributed by atoms with Crippen LogP contribution in [0.4, 0.5) is 11.4 Å². The molecule has 0 bridgehead atoms. The molecule has 1 aromatic rings. The average Bonchev–Trinajstić information content (AvgIpc) is 2.38. The molecule has 5 heteroatoms. The molecule has 0 radical (unpaired) electrons. The van der Waals surface area contributed by atoms with E-state index < -0.39 is 0 Å². The molecule has 1 N–H and O–H groups in total. The van der Waals surface area contributed by atoms with Gasteiger partial charge in [0.1, 0.15) is 0 Å². The Labute approximate surface area is 134 Å². The summed E-state index contributed by atoms with van der Waals surface area (Å²) in [5.41, 5.74) is 1.45. The van der Waals surface area contributed by atoms with Gasteiger partial charge in [0.15, 0.2) is 0 Å². The number of nitro groups is 1. The minimum Gasteiger partial charge on any atom is -0.382 e. The lowest BCUT2D eigenvalue weighted by atomic mass is 9.71. The van der Waals surface area contributed by atoms with Gasteiger partial charge in [0.25, 0.3) is 5.69 Å². The highest BCUT2D eigenvalue weighted by molar-refractivity contribution is 9.10. The number of halogens is 1. The third kappa shape index (κ3) is 4.19. The van der Waals surface area contributed by atoms with Crippen LogP contribution in [0.5, 0.6) is 0 Å². The SMILES string of the molecule is CC(C)(C)C1CCC(Nc2ccc([N+](=O)[O-])c(Br)c2)CC1. The lowest BCUT2D eigenvalue weighted by Gasteiger charge is -2.37. The molecule has 4 nitrogen and oxygen atoms in total. The van der Waals surface area contributed by atoms with Crippen LogP contribution in [0.2, 0.25) is 0 Å². The summed E-state index contributed by atoms with van der Waals surface area (Å²) in [6.45, 7) is 6.95. The molecule has 0 atom stereocenters. The Kier molecular flexibility index (Phi) is 4.91. The number of hydrogen-bond acceptors (Lipinski definition) is 3. The summed E-state index contributed by atoms with van der Waals surface area (Å²) in [5.74, 6) is 0.791. The van der Waals surface area contributed by atoms with E-state index in [1.165, 1.54) is 12.8 Å². The molecule has 1 aliphatic rings. The first-order valence-electron chi connectivity index (χ1n) is 7.48. The van der Waals surface area contributed by atoms with E-state index in [0.717, 1.165) is 24.4 Å². The first-order chi connectivity index (χ1) is 9.77. The highest BCUT2D eigenvalue weighted by Gasteiger charge is 2.29. The van der Waals surface area contributed by atoms with Crippen LogP contribution in [0.15, 0.2) is 22.7 Å². The average molecular weight is 355 g/mol. The molecule has 0 saturated heterocycles. The molecule has 1 aromatic carbocycles. The van der Waals surface area contributed by atoms with Crippen LogP contribution in [-0.4, -0.2) is 11.0 Å². The second-order valence-corrected chi connectivity index (χ2v) is 7.84. The van der Waals surface area contributed by atoms with Gasteiger partial charge in [-0.1, -0.05) is 20.8 Å². The Bertz CT molecular complexity index is 517. The Morgan fingerprint density at radius 1 is 1.24 bits per heavy atom. The number of nitro benzene ring substituents is 1. The van der Waals surface area contributed by atoms with E-state index in [4.69, 9.17) is 0 Å². The van der Waals surface area contributed by atoms with Crippen LogP contribution in [-0.2, 0) is 0 Å². The quantitative estimate of drug-likeness (QED) is 0.585. The monoisotopic (exact) mass is 354 g/mol. The first kappa shape index (κ1) is 16.3. The van der Waals surface area contributed by atoms with E-state index in [-0.39, 0.29) is 10.6 Å². The van der Waals surface area contributed by atoms with E-state index in [9.17, 15) is 10.1 Å². The normalized spacial score (nSPS) is 22.9. The number of rotatable bonds is 3. The van der Waals surface area contributed by atoms with Crippen LogP contribution >= 0.6 is 15.9 Å². The van der Waals surface area contributed by atoms with Gasteiger partial charge in [0.2, 0.25) is 0 Å². The number of nitrogens with zero attached hydrogens (tertiary/aromatic N) is 1. The molecule has 1 aliphatic carbocycles. The number of benzene rings is 1.